The van der Waals surface area contributed by atoms with Gasteiger partial charge in [-0.1, -0.05) is 204 Å². The van der Waals surface area contributed by atoms with Gasteiger partial charge in [-0.2, -0.15) is 0 Å². The van der Waals surface area contributed by atoms with Gasteiger partial charge in [-0.3, -0.25) is 0 Å². The van der Waals surface area contributed by atoms with Crippen LogP contribution in [0.5, 0.6) is 0 Å². The van der Waals surface area contributed by atoms with E-state index in [0.29, 0.717) is 14.7 Å². The summed E-state index contributed by atoms with van der Waals surface area (Å²) in [5.41, 5.74) is 0. The Morgan fingerprint density at radius 3 is 0.581 bits per heavy atom. The van der Waals surface area contributed by atoms with Crippen molar-refractivity contribution in [1.29, 1.82) is 0 Å². The third-order valence-corrected chi connectivity index (χ3v) is 18.2. The van der Waals surface area contributed by atoms with Gasteiger partial charge in [-0.15, -0.1) is 27.7 Å². The number of rotatable bonds is 33. The van der Waals surface area contributed by atoms with Crippen molar-refractivity contribution in [3.8, 4) is 0 Å². The van der Waals surface area contributed by atoms with E-state index < -0.39 is 0 Å². The highest BCUT2D eigenvalue weighted by Crippen LogP contribution is 2.80. The molecule has 0 bridgehead atoms. The first-order valence-electron chi connectivity index (χ1n) is 19.9. The summed E-state index contributed by atoms with van der Waals surface area (Å²) in [4.78, 5) is 1.22. The number of hydrogen-bond donors (Lipinski definition) is 0. The Hall–Kier alpha value is 1.72. The zero-order valence-corrected chi connectivity index (χ0v) is 35.3. The smallest absolute Gasteiger partial charge is 0.00654 e. The van der Waals surface area contributed by atoms with E-state index in [9.17, 15) is 0 Å². The van der Waals surface area contributed by atoms with Crippen molar-refractivity contribution in [2.45, 2.75) is 249 Å². The summed E-state index contributed by atoms with van der Waals surface area (Å²) in [6.07, 6.45) is 42.4. The third kappa shape index (κ3) is 20.0. The lowest BCUT2D eigenvalue weighted by molar-refractivity contribution is 0.480. The maximum Gasteiger partial charge on any atom is 0.00654 e. The molecule has 0 N–H and O–H groups in total. The molecule has 0 spiro atoms. The van der Waals surface area contributed by atoms with Gasteiger partial charge in [0.05, 0.1) is 0 Å². The van der Waals surface area contributed by atoms with Crippen LogP contribution in [0.15, 0.2) is 0 Å². The molecule has 260 valence electrons. The molecule has 0 fully saturated rings. The Labute approximate surface area is 283 Å². The topological polar surface area (TPSA) is 0 Å². The third-order valence-electron chi connectivity index (χ3n) is 10.1. The zero-order valence-electron chi connectivity index (χ0n) is 30.9. The molecule has 0 saturated heterocycles. The van der Waals surface area contributed by atoms with E-state index in [4.69, 9.17) is 0 Å². The molecule has 0 amide bonds. The fraction of sp³-hybridized carbons (Fsp3) is 1.00. The lowest BCUT2D eigenvalue weighted by Crippen LogP contribution is -2.40. The fourth-order valence-corrected chi connectivity index (χ4v) is 19.7. The molecule has 0 saturated carbocycles. The van der Waals surface area contributed by atoms with Gasteiger partial charge in [0.1, 0.15) is 0 Å². The van der Waals surface area contributed by atoms with E-state index in [1.54, 1.807) is 0 Å². The fourth-order valence-electron chi connectivity index (χ4n) is 7.52. The van der Waals surface area contributed by atoms with Gasteiger partial charge < -0.3 is 0 Å². The Balaban J connectivity index is 6.83. The quantitative estimate of drug-likeness (QED) is 0.0479. The molecule has 0 aliphatic heterocycles. The Kier molecular flexibility index (Phi) is 29.9. The maximum atomic E-state index is 3.73. The van der Waals surface area contributed by atoms with Crippen LogP contribution in [0.2, 0.25) is 0 Å². The minimum Gasteiger partial charge on any atom is -0.126 e. The summed E-state index contributed by atoms with van der Waals surface area (Å²) in [6, 6.07) is 0. The highest BCUT2D eigenvalue weighted by molar-refractivity contribution is 7.78. The van der Waals surface area contributed by atoms with Gasteiger partial charge in [0, 0.05) is 14.7 Å². The predicted molar refractivity (Wildman–Crippen MR) is 217 cm³/mol. The first kappa shape index (κ1) is 44.7. The van der Waals surface area contributed by atoms with Gasteiger partial charge in [-0.25, -0.2) is 0 Å². The van der Waals surface area contributed by atoms with Crippen molar-refractivity contribution >= 4 is 35.6 Å². The van der Waals surface area contributed by atoms with Crippen molar-refractivity contribution in [1.82, 2.24) is 0 Å². The Bertz CT molecular complexity index is 475. The van der Waals surface area contributed by atoms with Crippen LogP contribution in [0.3, 0.4) is 0 Å². The molecule has 0 aromatic rings. The second-order valence-electron chi connectivity index (χ2n) is 14.5. The van der Waals surface area contributed by atoms with Crippen LogP contribution in [-0.4, -0.2) is 14.7 Å². The summed E-state index contributed by atoms with van der Waals surface area (Å²) >= 11 is 0. The van der Waals surface area contributed by atoms with Gasteiger partial charge in [0.15, 0.2) is 0 Å². The molecule has 0 aromatic carbocycles. The molecule has 0 aliphatic carbocycles. The molecular weight excluding hydrogens is 592 g/mol. The molecule has 0 aromatic heterocycles. The van der Waals surface area contributed by atoms with Gasteiger partial charge in [0.2, 0.25) is 0 Å². The molecule has 0 aliphatic rings. The number of hydrogen-bond acceptors (Lipinski definition) is 0. The van der Waals surface area contributed by atoms with Crippen LogP contribution in [-0.2, 0) is 0 Å². The predicted octanol–water partition coefficient (Wildman–Crippen LogP) is 16.0. The van der Waals surface area contributed by atoms with E-state index in [-0.39, 0.29) is 7.92 Å². The van der Waals surface area contributed by atoms with Crippen LogP contribution < -0.4 is 0 Å². The molecule has 0 rings (SSSR count). The van der Waals surface area contributed by atoms with E-state index in [1.165, 1.54) is 193 Å². The van der Waals surface area contributed by atoms with Crippen LogP contribution >= 0.6 is 35.6 Å². The van der Waals surface area contributed by atoms with Crippen molar-refractivity contribution in [3.63, 3.8) is 0 Å². The first-order chi connectivity index (χ1) is 20.7. The summed E-state index contributed by atoms with van der Waals surface area (Å²) in [7, 11) is 10.9. The van der Waals surface area contributed by atoms with E-state index in [1.807, 2.05) is 0 Å². The Morgan fingerprint density at radius 2 is 0.442 bits per heavy atom. The van der Waals surface area contributed by atoms with Crippen molar-refractivity contribution < 1.29 is 0 Å². The van der Waals surface area contributed by atoms with Crippen LogP contribution in [0, 0.1) is 0 Å². The van der Waals surface area contributed by atoms with Crippen LogP contribution in [0.4, 0.5) is 0 Å². The minimum atomic E-state index is -0.233. The van der Waals surface area contributed by atoms with Gasteiger partial charge >= 0.3 is 0 Å². The van der Waals surface area contributed by atoms with Crippen molar-refractivity contribution in [3.05, 3.63) is 0 Å². The first-order valence-corrected chi connectivity index (χ1v) is 23.0. The van der Waals surface area contributed by atoms with E-state index in [2.05, 4.69) is 69.3 Å². The molecule has 0 heterocycles. The maximum absolute atomic E-state index is 3.73. The van der Waals surface area contributed by atoms with E-state index >= 15 is 0 Å². The zero-order chi connectivity index (χ0) is 32.3. The van der Waals surface area contributed by atoms with Crippen LogP contribution in [0.1, 0.15) is 234 Å². The SMILES string of the molecule is CCCCCCC(P)(CCCCCC)P(C(P)(CCCCCC)CCCCCC)C(P)(CCCCCC)CCCCCC. The highest BCUT2D eigenvalue weighted by atomic mass is 31.2. The Morgan fingerprint density at radius 1 is 0.279 bits per heavy atom. The monoisotopic (exact) mass is 677 g/mol. The average molecular weight is 677 g/mol. The van der Waals surface area contributed by atoms with E-state index in [0.717, 1.165) is 0 Å². The number of unbranched alkanes of at least 4 members (excludes halogenated alkanes) is 18. The molecule has 43 heavy (non-hydrogen) atoms. The standard InChI is InChI=1S/C39H84P4/c1-7-13-19-25-31-37(40,32-26-20-14-8-2)43(38(41,33-27-21-15-9-3)34-28-22-16-10-4)39(42,35-29-23-17-11-5)36-30-24-18-12-6/h7-36,40-42H2,1-6H3. The van der Waals surface area contributed by atoms with Crippen molar-refractivity contribution in [2.24, 2.45) is 0 Å². The lowest BCUT2D eigenvalue weighted by Gasteiger charge is -2.58. The summed E-state index contributed by atoms with van der Waals surface area (Å²) in [6.45, 7) is 14.3. The molecule has 4 heteroatoms. The minimum absolute atomic E-state index is 0.233. The molecule has 0 nitrogen and oxygen atoms in total. The largest absolute Gasteiger partial charge is 0.126 e. The highest BCUT2D eigenvalue weighted by Gasteiger charge is 2.53. The van der Waals surface area contributed by atoms with Crippen LogP contribution in [0.25, 0.3) is 0 Å². The van der Waals surface area contributed by atoms with Crippen molar-refractivity contribution in [2.75, 3.05) is 0 Å². The molecule has 3 atom stereocenters. The normalized spacial score (nSPS) is 13.0. The molecule has 0 radical (unpaired) electrons. The van der Waals surface area contributed by atoms with Gasteiger partial charge in [0.25, 0.3) is 0 Å². The summed E-state index contributed by atoms with van der Waals surface area (Å²) in [5.74, 6) is 0. The second kappa shape index (κ2) is 28.7. The summed E-state index contributed by atoms with van der Waals surface area (Å²) in [5, 5.41) is 0. The molecular formula is C39H84P4. The molecule has 3 unspecified atom stereocenters. The second-order valence-corrected chi connectivity index (χ2v) is 22.6. The average Bonchev–Trinajstić information content (AvgIpc) is 2.99. The van der Waals surface area contributed by atoms with Gasteiger partial charge in [-0.05, 0) is 38.5 Å². The summed E-state index contributed by atoms with van der Waals surface area (Å²) < 4.78 is 0. The lowest BCUT2D eigenvalue weighted by atomic mass is 10.0.